The van der Waals surface area contributed by atoms with Crippen molar-refractivity contribution >= 4 is 33.1 Å². The summed E-state index contributed by atoms with van der Waals surface area (Å²) in [5.41, 5.74) is 0.966. The van der Waals surface area contributed by atoms with E-state index in [0.717, 1.165) is 16.9 Å². The molecule has 4 heterocycles. The molecule has 0 aliphatic carbocycles. The number of amides is 1. The summed E-state index contributed by atoms with van der Waals surface area (Å²) in [6.07, 6.45) is 2.13. The Bertz CT molecular complexity index is 1710. The first kappa shape index (κ1) is 37.8. The van der Waals surface area contributed by atoms with Gasteiger partial charge in [-0.25, -0.2) is 23.2 Å². The molecule has 1 unspecified atom stereocenters. The van der Waals surface area contributed by atoms with Gasteiger partial charge in [-0.3, -0.25) is 5.32 Å². The van der Waals surface area contributed by atoms with Crippen LogP contribution in [-0.4, -0.2) is 69.3 Å². The van der Waals surface area contributed by atoms with E-state index < -0.39 is 32.4 Å². The number of carbonyl (C=O) groups is 1. The van der Waals surface area contributed by atoms with E-state index >= 15 is 0 Å². The molecule has 12 nitrogen and oxygen atoms in total. The standard InChI is InChI=1S/C27H29N6O5S2.C4H10O.Y/c1-16-11-13-39-22(16)25-33-32-24(37-25)21-23(31-26(34)38-27(2,3)4)29-15-20(30-21)17-7-9-18(10-8-17)40(35,36)19-6-5-12-28-14-19;1-4(2,3)5;/h7-11,13,15,19H,5-6,12,14H2,1-4H3,(H,29,31,34);5H,1-3H3;/q-1;;. The molecule has 1 aliphatic heterocycles. The number of piperidine rings is 1. The summed E-state index contributed by atoms with van der Waals surface area (Å²) in [7, 11) is -3.49. The Morgan fingerprint density at radius 1 is 1.09 bits per heavy atom. The molecule has 1 atom stereocenters. The largest absolute Gasteiger partial charge is 0.661 e. The van der Waals surface area contributed by atoms with E-state index in [0.29, 0.717) is 36.7 Å². The molecule has 1 radical (unpaired) electrons. The maximum atomic E-state index is 13.1. The Labute approximate surface area is 299 Å². The Morgan fingerprint density at radius 2 is 1.74 bits per heavy atom. The molecule has 46 heavy (non-hydrogen) atoms. The Kier molecular flexibility index (Phi) is 12.8. The van der Waals surface area contributed by atoms with Crippen molar-refractivity contribution in [3.63, 3.8) is 0 Å². The Balaban J connectivity index is 0.000000892. The number of nitrogens with zero attached hydrogens (tertiary/aromatic N) is 5. The topological polar surface area (TPSA) is 171 Å². The van der Waals surface area contributed by atoms with Gasteiger partial charge in [-0.05, 0) is 84.0 Å². The summed E-state index contributed by atoms with van der Waals surface area (Å²) in [5.74, 6) is 0.460. The second kappa shape index (κ2) is 15.5. The van der Waals surface area contributed by atoms with Crippen molar-refractivity contribution in [3.8, 4) is 33.6 Å². The number of carbonyl (C=O) groups excluding carboxylic acids is 1. The van der Waals surface area contributed by atoms with Gasteiger partial charge in [0.15, 0.2) is 21.3 Å². The van der Waals surface area contributed by atoms with Gasteiger partial charge in [0, 0.05) is 43.5 Å². The van der Waals surface area contributed by atoms with Crippen LogP contribution in [-0.2, 0) is 47.3 Å². The van der Waals surface area contributed by atoms with Crippen LogP contribution in [0.5, 0.6) is 0 Å². The fourth-order valence-corrected chi connectivity index (χ4v) is 6.71. The molecule has 0 saturated carbocycles. The second-order valence-electron chi connectivity index (χ2n) is 12.6. The van der Waals surface area contributed by atoms with E-state index in [-0.39, 0.29) is 55.0 Å². The number of hydrogen-bond acceptors (Lipinski definition) is 11. The number of anilines is 1. The van der Waals surface area contributed by atoms with Crippen LogP contribution >= 0.6 is 11.3 Å². The number of aliphatic hydroxyl groups is 1. The predicted octanol–water partition coefficient (Wildman–Crippen LogP) is 6.66. The van der Waals surface area contributed by atoms with Crippen LogP contribution in [0.15, 0.2) is 51.2 Å². The normalized spacial score (nSPS) is 15.3. The average molecular weight is 745 g/mol. The van der Waals surface area contributed by atoms with E-state index in [1.807, 2.05) is 18.4 Å². The van der Waals surface area contributed by atoms with Crippen LogP contribution in [0.3, 0.4) is 0 Å². The molecule has 1 aliphatic rings. The molecule has 3 aromatic heterocycles. The number of rotatable bonds is 6. The third-order valence-corrected chi connectivity index (χ3v) is 9.36. The molecule has 0 bridgehead atoms. The number of aromatic nitrogens is 4. The fourth-order valence-electron chi connectivity index (χ4n) is 4.19. The predicted molar refractivity (Wildman–Crippen MR) is 174 cm³/mol. The van der Waals surface area contributed by atoms with Crippen LogP contribution in [0.4, 0.5) is 10.6 Å². The molecule has 0 spiro atoms. The van der Waals surface area contributed by atoms with E-state index in [9.17, 15) is 13.2 Å². The van der Waals surface area contributed by atoms with Gasteiger partial charge in [-0.15, -0.1) is 34.6 Å². The van der Waals surface area contributed by atoms with Crippen molar-refractivity contribution in [2.24, 2.45) is 0 Å². The fraction of sp³-hybridized carbons (Fsp3) is 0.452. The van der Waals surface area contributed by atoms with Crippen molar-refractivity contribution in [3.05, 3.63) is 52.8 Å². The molecule has 2 N–H and O–H groups in total. The maximum Gasteiger partial charge on any atom is 0.413 e. The smallest absolute Gasteiger partial charge is 0.413 e. The summed E-state index contributed by atoms with van der Waals surface area (Å²) < 4.78 is 37.5. The summed E-state index contributed by atoms with van der Waals surface area (Å²) >= 11 is 1.47. The maximum absolute atomic E-state index is 13.1. The van der Waals surface area contributed by atoms with Crippen molar-refractivity contribution in [2.45, 2.75) is 82.7 Å². The number of hydrogen-bond donors (Lipinski definition) is 2. The van der Waals surface area contributed by atoms with Crippen LogP contribution < -0.4 is 5.32 Å². The molecule has 1 saturated heterocycles. The SMILES string of the molecule is CC(C)(C)O.Cc1ccsc1-c1nnc(-c2nc(-c3ccc(S(=O)(=O)C4CCC[N-]C4)cc3)cnc2NC(=O)OC(C)(C)C)o1.[Y]. The van der Waals surface area contributed by atoms with E-state index in [1.54, 1.807) is 65.8 Å². The molecule has 1 fully saturated rings. The zero-order valence-corrected chi connectivity index (χ0v) is 31.5. The number of aryl methyl sites for hydroxylation is 1. The van der Waals surface area contributed by atoms with E-state index in [2.05, 4.69) is 30.8 Å². The van der Waals surface area contributed by atoms with Crippen LogP contribution in [0.1, 0.15) is 59.9 Å². The number of sulfone groups is 1. The first-order valence-electron chi connectivity index (χ1n) is 14.5. The van der Waals surface area contributed by atoms with Crippen molar-refractivity contribution in [1.82, 2.24) is 20.2 Å². The first-order valence-corrected chi connectivity index (χ1v) is 16.9. The summed E-state index contributed by atoms with van der Waals surface area (Å²) in [4.78, 5) is 22.7. The first-order chi connectivity index (χ1) is 21.0. The minimum absolute atomic E-state index is 0. The molecule has 15 heteroatoms. The van der Waals surface area contributed by atoms with E-state index in [1.165, 1.54) is 17.5 Å². The van der Waals surface area contributed by atoms with Gasteiger partial charge in [0.05, 0.1) is 27.3 Å². The number of thiophene rings is 1. The monoisotopic (exact) mass is 744 g/mol. The third-order valence-electron chi connectivity index (χ3n) is 6.17. The van der Waals surface area contributed by atoms with E-state index in [4.69, 9.17) is 14.3 Å². The van der Waals surface area contributed by atoms with Gasteiger partial charge in [-0.1, -0.05) is 18.6 Å². The second-order valence-corrected chi connectivity index (χ2v) is 15.7. The Morgan fingerprint density at radius 3 is 2.30 bits per heavy atom. The molecule has 1 aromatic carbocycles. The van der Waals surface area contributed by atoms with Crippen LogP contribution in [0.2, 0.25) is 0 Å². The zero-order valence-electron chi connectivity index (χ0n) is 27.1. The molecule has 245 valence electrons. The molecule has 1 amide bonds. The van der Waals surface area contributed by atoms with Crippen LogP contribution in [0.25, 0.3) is 38.9 Å². The minimum atomic E-state index is -3.49. The van der Waals surface area contributed by atoms with Gasteiger partial charge >= 0.3 is 6.09 Å². The molecule has 4 aromatic rings. The molecule has 5 rings (SSSR count). The van der Waals surface area contributed by atoms with Crippen LogP contribution in [0, 0.1) is 6.92 Å². The zero-order chi connectivity index (χ0) is 33.0. The van der Waals surface area contributed by atoms with Crippen molar-refractivity contribution in [1.29, 1.82) is 0 Å². The summed E-state index contributed by atoms with van der Waals surface area (Å²) in [6, 6.07) is 8.44. The number of ether oxygens (including phenoxy) is 1. The van der Waals surface area contributed by atoms with Gasteiger partial charge in [-0.2, -0.15) is 0 Å². The average Bonchev–Trinajstić information content (AvgIpc) is 3.61. The molecular weight excluding hydrogens is 705 g/mol. The Hall–Kier alpha value is -2.62. The minimum Gasteiger partial charge on any atom is -0.661 e. The van der Waals surface area contributed by atoms with Gasteiger partial charge in [0.25, 0.3) is 11.8 Å². The summed E-state index contributed by atoms with van der Waals surface area (Å²) in [6.45, 7) is 13.5. The van der Waals surface area contributed by atoms with Gasteiger partial charge in [0.2, 0.25) is 0 Å². The van der Waals surface area contributed by atoms with Gasteiger partial charge < -0.3 is 19.6 Å². The molecular formula is C31H39N6O6S2Y-. The number of nitrogens with one attached hydrogen (secondary N) is 1. The third kappa shape index (κ3) is 10.4. The van der Waals surface area contributed by atoms with Crippen molar-refractivity contribution in [2.75, 3.05) is 18.4 Å². The quantitative estimate of drug-likeness (QED) is 0.218. The van der Waals surface area contributed by atoms with Gasteiger partial charge in [0.1, 0.15) is 5.60 Å². The summed E-state index contributed by atoms with van der Waals surface area (Å²) in [5, 5.41) is 25.2. The van der Waals surface area contributed by atoms with Crippen molar-refractivity contribution < 1.29 is 60.2 Å². The number of benzene rings is 1.